The summed E-state index contributed by atoms with van der Waals surface area (Å²) in [4.78, 5) is 43.5. The molecule has 5 atom stereocenters. The fourth-order valence-corrected chi connectivity index (χ4v) is 11.5. The van der Waals surface area contributed by atoms with Gasteiger partial charge in [0.15, 0.2) is 20.5 Å². The monoisotopic (exact) mass is 759 g/mol. The summed E-state index contributed by atoms with van der Waals surface area (Å²) in [6.45, 7) is 6.32. The Morgan fingerprint density at radius 2 is 1.76 bits per heavy atom. The number of amides is 2. The molecule has 4 heterocycles. The number of para-hydroxylation sites is 2. The average Bonchev–Trinajstić information content (AvgIpc) is 3.84. The third-order valence-corrected chi connectivity index (χ3v) is 13.9. The lowest BCUT2D eigenvalue weighted by molar-refractivity contribution is -0.146. The number of methoxy groups -OCH3 is 1. The highest BCUT2D eigenvalue weighted by atomic mass is 28.4. The number of fused-ring (bicyclic) bond motifs is 3. The van der Waals surface area contributed by atoms with Crippen LogP contribution in [-0.2, 0) is 33.0 Å². The van der Waals surface area contributed by atoms with E-state index in [0.717, 1.165) is 11.1 Å². The van der Waals surface area contributed by atoms with Crippen molar-refractivity contribution in [3.8, 4) is 11.5 Å². The third kappa shape index (κ3) is 6.40. The molecule has 55 heavy (non-hydrogen) atoms. The summed E-state index contributed by atoms with van der Waals surface area (Å²) in [6, 6.07) is 30.4. The molecule has 3 aliphatic rings. The standard InChI is InChI=1S/C42H45N5O7Si/c1-27-40(55(3,4)51)38(19-20-45-24-34(43-44-45)32(25-48)29-12-6-5-7-13-29)54-42(27)33-22-31(52-2)17-18-35(33)46(41(42)50)23-28-11-10-14-30(21-28)47-36-15-8-9-16-37(36)53-26-39(47)49/h5-18,21-22,24,27,32,38,40,48,51H,19-20,23,25-26H2,1-4H3/t27-,32?,38+,40-,42+/m1/s1. The number of ether oxygens (including phenoxy) is 3. The summed E-state index contributed by atoms with van der Waals surface area (Å²) >= 11 is 0. The summed E-state index contributed by atoms with van der Waals surface area (Å²) < 4.78 is 20.2. The fraction of sp³-hybridized carbons (Fsp3) is 0.333. The Morgan fingerprint density at radius 1 is 0.982 bits per heavy atom. The maximum atomic E-state index is 15.1. The van der Waals surface area contributed by atoms with Crippen LogP contribution in [-0.4, -0.2) is 71.5 Å². The van der Waals surface area contributed by atoms with Crippen LogP contribution in [0.1, 0.15) is 41.6 Å². The number of hydrogen-bond donors (Lipinski definition) is 2. The first-order chi connectivity index (χ1) is 26.5. The molecule has 8 rings (SSSR count). The fourth-order valence-electron chi connectivity index (χ4n) is 8.87. The Balaban J connectivity index is 1.10. The number of carbonyl (C=O) groups is 2. The molecule has 1 spiro atoms. The normalized spacial score (nSPS) is 22.5. The number of aromatic nitrogens is 3. The van der Waals surface area contributed by atoms with E-state index in [1.807, 2.05) is 123 Å². The SMILES string of the molecule is COc1ccc2c(c1)[C@]1(O[C@@H](CCn3cc(C(CO)c4ccccc4)nn3)[C@H]([Si](C)(C)O)[C@H]1C)C(=O)N2Cc1cccc(N2C(=O)COc3ccccc32)c1. The molecule has 1 aromatic heterocycles. The average molecular weight is 760 g/mol. The van der Waals surface area contributed by atoms with Crippen LogP contribution in [0.2, 0.25) is 18.6 Å². The summed E-state index contributed by atoms with van der Waals surface area (Å²) in [5.41, 5.74) is 3.55. The van der Waals surface area contributed by atoms with E-state index in [0.29, 0.717) is 52.8 Å². The highest BCUT2D eigenvalue weighted by molar-refractivity contribution is 6.71. The van der Waals surface area contributed by atoms with Crippen molar-refractivity contribution in [1.29, 1.82) is 0 Å². The lowest BCUT2D eigenvalue weighted by Gasteiger charge is -2.32. The highest BCUT2D eigenvalue weighted by Gasteiger charge is 2.66. The Morgan fingerprint density at radius 3 is 2.53 bits per heavy atom. The van der Waals surface area contributed by atoms with Crippen LogP contribution < -0.4 is 19.3 Å². The first kappa shape index (κ1) is 36.6. The van der Waals surface area contributed by atoms with E-state index >= 15 is 4.79 Å². The smallest absolute Gasteiger partial charge is 0.269 e. The zero-order valence-corrected chi connectivity index (χ0v) is 32.3. The quantitative estimate of drug-likeness (QED) is 0.158. The Kier molecular flexibility index (Phi) is 9.58. The van der Waals surface area contributed by atoms with E-state index in [4.69, 9.17) is 14.2 Å². The van der Waals surface area contributed by atoms with Crippen molar-refractivity contribution in [2.24, 2.45) is 5.92 Å². The van der Waals surface area contributed by atoms with Gasteiger partial charge in [0.25, 0.3) is 11.8 Å². The zero-order valence-electron chi connectivity index (χ0n) is 31.3. The number of rotatable bonds is 11. The topological polar surface area (TPSA) is 139 Å². The molecular formula is C42H45N5O7Si. The Labute approximate surface area is 321 Å². The maximum absolute atomic E-state index is 15.1. The number of carbonyl (C=O) groups excluding carboxylic acids is 2. The largest absolute Gasteiger partial charge is 0.497 e. The van der Waals surface area contributed by atoms with Crippen molar-refractivity contribution >= 4 is 37.2 Å². The van der Waals surface area contributed by atoms with Gasteiger partial charge in [-0.1, -0.05) is 66.7 Å². The van der Waals surface area contributed by atoms with Gasteiger partial charge >= 0.3 is 0 Å². The van der Waals surface area contributed by atoms with Gasteiger partial charge in [0.1, 0.15) is 11.5 Å². The molecule has 0 radical (unpaired) electrons. The molecule has 1 saturated heterocycles. The summed E-state index contributed by atoms with van der Waals surface area (Å²) in [7, 11) is -1.33. The van der Waals surface area contributed by atoms with Gasteiger partial charge < -0.3 is 29.0 Å². The zero-order chi connectivity index (χ0) is 38.5. The van der Waals surface area contributed by atoms with Crippen molar-refractivity contribution < 1.29 is 33.7 Å². The van der Waals surface area contributed by atoms with E-state index in [2.05, 4.69) is 10.3 Å². The number of aliphatic hydroxyl groups excluding tert-OH is 1. The number of aryl methyl sites for hydroxylation is 1. The van der Waals surface area contributed by atoms with Crippen molar-refractivity contribution in [2.75, 3.05) is 30.1 Å². The molecule has 2 amide bonds. The van der Waals surface area contributed by atoms with E-state index in [-0.39, 0.29) is 48.9 Å². The maximum Gasteiger partial charge on any atom is 0.269 e. The lowest BCUT2D eigenvalue weighted by atomic mass is 9.82. The van der Waals surface area contributed by atoms with Crippen LogP contribution in [0.4, 0.5) is 17.1 Å². The number of benzene rings is 4. The summed E-state index contributed by atoms with van der Waals surface area (Å²) in [5.74, 6) is 0.162. The van der Waals surface area contributed by atoms with Crippen molar-refractivity contribution in [3.05, 3.63) is 126 Å². The Hall–Kier alpha value is -5.34. The second-order valence-electron chi connectivity index (χ2n) is 15.1. The molecule has 0 saturated carbocycles. The van der Waals surface area contributed by atoms with Crippen LogP contribution in [0.3, 0.4) is 0 Å². The van der Waals surface area contributed by atoms with E-state index < -0.39 is 20.0 Å². The van der Waals surface area contributed by atoms with Crippen LogP contribution in [0.5, 0.6) is 11.5 Å². The van der Waals surface area contributed by atoms with Crippen LogP contribution >= 0.6 is 0 Å². The number of hydrogen-bond acceptors (Lipinski definition) is 9. The number of anilines is 3. The molecule has 1 unspecified atom stereocenters. The summed E-state index contributed by atoms with van der Waals surface area (Å²) in [5, 5.41) is 19.0. The van der Waals surface area contributed by atoms with Gasteiger partial charge in [-0.05, 0) is 73.1 Å². The van der Waals surface area contributed by atoms with Crippen molar-refractivity contribution in [2.45, 2.75) is 62.7 Å². The van der Waals surface area contributed by atoms with Gasteiger partial charge in [-0.2, -0.15) is 0 Å². The number of nitrogens with zero attached hydrogens (tertiary/aromatic N) is 5. The van der Waals surface area contributed by atoms with E-state index in [1.54, 1.807) is 21.6 Å². The molecule has 2 N–H and O–H groups in total. The minimum Gasteiger partial charge on any atom is -0.497 e. The highest BCUT2D eigenvalue weighted by Crippen LogP contribution is 2.60. The van der Waals surface area contributed by atoms with Crippen LogP contribution in [0, 0.1) is 5.92 Å². The molecule has 1 fully saturated rings. The van der Waals surface area contributed by atoms with Gasteiger partial charge in [-0.25, -0.2) is 0 Å². The lowest BCUT2D eigenvalue weighted by Crippen LogP contribution is -2.46. The first-order valence-electron chi connectivity index (χ1n) is 18.6. The van der Waals surface area contributed by atoms with E-state index in [9.17, 15) is 14.7 Å². The first-order valence-corrected chi connectivity index (χ1v) is 21.7. The second kappa shape index (κ2) is 14.4. The molecule has 284 valence electrons. The van der Waals surface area contributed by atoms with Gasteiger partial charge in [-0.3, -0.25) is 19.2 Å². The van der Waals surface area contributed by atoms with Crippen molar-refractivity contribution in [1.82, 2.24) is 15.0 Å². The van der Waals surface area contributed by atoms with Crippen LogP contribution in [0.25, 0.3) is 0 Å². The minimum absolute atomic E-state index is 0.0689. The number of aliphatic hydroxyl groups is 1. The molecule has 12 nitrogen and oxygen atoms in total. The molecule has 4 aromatic carbocycles. The predicted molar refractivity (Wildman–Crippen MR) is 209 cm³/mol. The third-order valence-electron chi connectivity index (χ3n) is 11.3. The van der Waals surface area contributed by atoms with Crippen LogP contribution in [0.15, 0.2) is 103 Å². The second-order valence-corrected chi connectivity index (χ2v) is 19.1. The van der Waals surface area contributed by atoms with E-state index in [1.165, 1.54) is 0 Å². The Bertz CT molecular complexity index is 2230. The molecule has 13 heteroatoms. The van der Waals surface area contributed by atoms with Gasteiger partial charge in [0.2, 0.25) is 0 Å². The molecule has 0 aliphatic carbocycles. The van der Waals surface area contributed by atoms with Crippen molar-refractivity contribution in [3.63, 3.8) is 0 Å². The molecule has 0 bridgehead atoms. The van der Waals surface area contributed by atoms with Gasteiger partial charge in [-0.15, -0.1) is 5.10 Å². The molecule has 5 aromatic rings. The summed E-state index contributed by atoms with van der Waals surface area (Å²) in [6.07, 6.45) is 1.86. The van der Waals surface area contributed by atoms with Gasteiger partial charge in [0, 0.05) is 35.5 Å². The predicted octanol–water partition coefficient (Wildman–Crippen LogP) is 5.90. The molecule has 3 aliphatic heterocycles. The minimum atomic E-state index is -2.93. The van der Waals surface area contributed by atoms with Gasteiger partial charge in [0.05, 0.1) is 49.4 Å². The molecular weight excluding hydrogens is 715 g/mol.